The largest absolute Gasteiger partial charge is 0.481 e. The van der Waals surface area contributed by atoms with Crippen LogP contribution in [0.2, 0.25) is 0 Å². The molecule has 0 aliphatic heterocycles. The van der Waals surface area contributed by atoms with Crippen LogP contribution in [0.1, 0.15) is 12.0 Å². The minimum Gasteiger partial charge on any atom is -0.481 e. The normalized spacial score (nSPS) is 12.3. The Kier molecular flexibility index (Phi) is 4.81. The van der Waals surface area contributed by atoms with Crippen molar-refractivity contribution in [3.8, 4) is 0 Å². The minimum atomic E-state index is -1.46. The zero-order valence-corrected chi connectivity index (χ0v) is 10.1. The predicted octanol–water partition coefficient (Wildman–Crippen LogP) is -0.523. The molecule has 3 N–H and O–H groups in total. The first-order valence-electron chi connectivity index (χ1n) is 5.30. The summed E-state index contributed by atoms with van der Waals surface area (Å²) < 4.78 is 1.54. The lowest BCUT2D eigenvalue weighted by Crippen LogP contribution is -2.41. The maximum atomic E-state index is 11.4. The number of aryl methyl sites for hydroxylation is 1. The average molecular weight is 267 g/mol. The Bertz CT molecular complexity index is 520. The molecule has 0 aliphatic rings. The monoisotopic (exact) mass is 267 g/mol. The Hall–Kier alpha value is -2.64. The summed E-state index contributed by atoms with van der Waals surface area (Å²) in [6, 6.07) is -1.46. The quantitative estimate of drug-likeness (QED) is 0.596. The van der Waals surface area contributed by atoms with Crippen LogP contribution in [-0.4, -0.2) is 43.9 Å². The number of aliphatic carboxylic acids is 2. The van der Waals surface area contributed by atoms with Gasteiger partial charge in [-0.05, 0) is 6.08 Å². The molecule has 0 radical (unpaired) electrons. The van der Waals surface area contributed by atoms with Gasteiger partial charge in [0.1, 0.15) is 6.04 Å². The van der Waals surface area contributed by atoms with Crippen molar-refractivity contribution in [2.45, 2.75) is 12.5 Å². The summed E-state index contributed by atoms with van der Waals surface area (Å²) in [6.45, 7) is 0. The van der Waals surface area contributed by atoms with Crippen molar-refractivity contribution in [3.63, 3.8) is 0 Å². The van der Waals surface area contributed by atoms with Crippen LogP contribution in [0.3, 0.4) is 0 Å². The molecule has 0 aliphatic carbocycles. The zero-order chi connectivity index (χ0) is 14.4. The van der Waals surface area contributed by atoms with Crippen LogP contribution in [0, 0.1) is 0 Å². The van der Waals surface area contributed by atoms with Gasteiger partial charge in [0, 0.05) is 24.9 Å². The molecule has 1 aromatic rings. The van der Waals surface area contributed by atoms with Gasteiger partial charge in [-0.3, -0.25) is 14.3 Å². The van der Waals surface area contributed by atoms with E-state index in [4.69, 9.17) is 10.2 Å². The third-order valence-corrected chi connectivity index (χ3v) is 2.15. The summed E-state index contributed by atoms with van der Waals surface area (Å²) in [6.07, 6.45) is 5.07. The first-order valence-corrected chi connectivity index (χ1v) is 5.30. The van der Waals surface area contributed by atoms with E-state index >= 15 is 0 Å². The topological polar surface area (TPSA) is 122 Å². The number of carboxylic acid groups (broad SMARTS) is 2. The van der Waals surface area contributed by atoms with E-state index in [1.54, 1.807) is 17.9 Å². The van der Waals surface area contributed by atoms with E-state index in [0.29, 0.717) is 5.56 Å². The van der Waals surface area contributed by atoms with Crippen LogP contribution in [0.5, 0.6) is 0 Å². The Morgan fingerprint density at radius 2 is 2.16 bits per heavy atom. The first kappa shape index (κ1) is 14.4. The van der Waals surface area contributed by atoms with Crippen LogP contribution in [-0.2, 0) is 21.4 Å². The number of hydrogen-bond donors (Lipinski definition) is 3. The minimum absolute atomic E-state index is 0.669. The molecule has 0 aromatic carbocycles. The SMILES string of the molecule is Cn1cc(/C=C/C(=O)N[C@H](CC(=O)O)C(=O)O)cn1. The highest BCUT2D eigenvalue weighted by Gasteiger charge is 2.21. The summed E-state index contributed by atoms with van der Waals surface area (Å²) >= 11 is 0. The highest BCUT2D eigenvalue weighted by molar-refractivity contribution is 5.95. The summed E-state index contributed by atoms with van der Waals surface area (Å²) in [4.78, 5) is 32.6. The van der Waals surface area contributed by atoms with Crippen LogP contribution in [0.25, 0.3) is 6.08 Å². The summed E-state index contributed by atoms with van der Waals surface area (Å²) in [5.41, 5.74) is 0.669. The van der Waals surface area contributed by atoms with Gasteiger partial charge >= 0.3 is 11.9 Å². The van der Waals surface area contributed by atoms with E-state index in [0.717, 1.165) is 6.08 Å². The molecule has 102 valence electrons. The summed E-state index contributed by atoms with van der Waals surface area (Å²) in [5.74, 6) is -3.38. The van der Waals surface area contributed by atoms with E-state index in [-0.39, 0.29) is 0 Å². The number of aromatic nitrogens is 2. The number of nitrogens with one attached hydrogen (secondary N) is 1. The second kappa shape index (κ2) is 6.34. The van der Waals surface area contributed by atoms with E-state index in [1.807, 2.05) is 0 Å². The zero-order valence-electron chi connectivity index (χ0n) is 10.1. The Morgan fingerprint density at radius 3 is 2.63 bits per heavy atom. The number of carbonyl (C=O) groups is 3. The first-order chi connectivity index (χ1) is 8.88. The Morgan fingerprint density at radius 1 is 1.47 bits per heavy atom. The lowest BCUT2D eigenvalue weighted by Gasteiger charge is -2.10. The highest BCUT2D eigenvalue weighted by atomic mass is 16.4. The lowest BCUT2D eigenvalue weighted by molar-refractivity contribution is -0.146. The third-order valence-electron chi connectivity index (χ3n) is 2.15. The molecule has 1 heterocycles. The molecule has 19 heavy (non-hydrogen) atoms. The van der Waals surface area contributed by atoms with Crippen molar-refractivity contribution in [2.75, 3.05) is 0 Å². The van der Waals surface area contributed by atoms with E-state index in [1.165, 1.54) is 12.3 Å². The van der Waals surface area contributed by atoms with Gasteiger partial charge in [-0.2, -0.15) is 5.10 Å². The van der Waals surface area contributed by atoms with Gasteiger partial charge in [-0.15, -0.1) is 0 Å². The maximum Gasteiger partial charge on any atom is 0.326 e. The predicted molar refractivity (Wildman–Crippen MR) is 64.1 cm³/mol. The Labute approximate surface area is 108 Å². The van der Waals surface area contributed by atoms with E-state index < -0.39 is 30.3 Å². The number of rotatable bonds is 6. The van der Waals surface area contributed by atoms with Crippen molar-refractivity contribution in [2.24, 2.45) is 7.05 Å². The Balaban J connectivity index is 2.60. The molecule has 0 saturated carbocycles. The molecular weight excluding hydrogens is 254 g/mol. The van der Waals surface area contributed by atoms with Crippen LogP contribution in [0.4, 0.5) is 0 Å². The van der Waals surface area contributed by atoms with Crippen molar-refractivity contribution in [1.29, 1.82) is 0 Å². The van der Waals surface area contributed by atoms with Gasteiger partial charge in [0.25, 0.3) is 0 Å². The molecule has 0 unspecified atom stereocenters. The summed E-state index contributed by atoms with van der Waals surface area (Å²) in [7, 11) is 1.71. The van der Waals surface area contributed by atoms with Crippen molar-refractivity contribution in [3.05, 3.63) is 24.0 Å². The number of carboxylic acids is 2. The molecule has 1 rings (SSSR count). The van der Waals surface area contributed by atoms with Crippen molar-refractivity contribution >= 4 is 23.9 Å². The van der Waals surface area contributed by atoms with Crippen LogP contribution in [0.15, 0.2) is 18.5 Å². The average Bonchev–Trinajstić information content (AvgIpc) is 2.71. The van der Waals surface area contributed by atoms with E-state index in [2.05, 4.69) is 10.4 Å². The molecule has 1 aromatic heterocycles. The van der Waals surface area contributed by atoms with Crippen LogP contribution < -0.4 is 5.32 Å². The van der Waals surface area contributed by atoms with Gasteiger partial charge in [-0.1, -0.05) is 0 Å². The number of hydrogen-bond acceptors (Lipinski definition) is 4. The smallest absolute Gasteiger partial charge is 0.326 e. The molecule has 8 nitrogen and oxygen atoms in total. The number of nitrogens with zero attached hydrogens (tertiary/aromatic N) is 2. The van der Waals surface area contributed by atoms with Crippen molar-refractivity contribution in [1.82, 2.24) is 15.1 Å². The second-order valence-corrected chi connectivity index (χ2v) is 3.78. The fourth-order valence-corrected chi connectivity index (χ4v) is 1.29. The van der Waals surface area contributed by atoms with Gasteiger partial charge in [-0.25, -0.2) is 4.79 Å². The fourth-order valence-electron chi connectivity index (χ4n) is 1.29. The molecule has 0 saturated heterocycles. The third kappa shape index (κ3) is 5.02. The fraction of sp³-hybridized carbons (Fsp3) is 0.273. The molecular formula is C11H13N3O5. The maximum absolute atomic E-state index is 11.4. The van der Waals surface area contributed by atoms with Gasteiger partial charge < -0.3 is 15.5 Å². The van der Waals surface area contributed by atoms with Gasteiger partial charge in [0.15, 0.2) is 0 Å². The van der Waals surface area contributed by atoms with Gasteiger partial charge in [0.05, 0.1) is 12.6 Å². The molecule has 0 fully saturated rings. The van der Waals surface area contributed by atoms with Crippen LogP contribution >= 0.6 is 0 Å². The molecule has 0 bridgehead atoms. The standard InChI is InChI=1S/C11H13N3O5/c1-14-6-7(5-12-14)2-3-9(15)13-8(11(18)19)4-10(16)17/h2-3,5-6,8H,4H2,1H3,(H,13,15)(H,16,17)(H,18,19)/b3-2+/t8-/m1/s1. The summed E-state index contributed by atoms with van der Waals surface area (Å²) in [5, 5.41) is 23.2. The lowest BCUT2D eigenvalue weighted by atomic mass is 10.2. The second-order valence-electron chi connectivity index (χ2n) is 3.78. The van der Waals surface area contributed by atoms with E-state index in [9.17, 15) is 14.4 Å². The molecule has 1 atom stereocenters. The number of amides is 1. The van der Waals surface area contributed by atoms with Crippen molar-refractivity contribution < 1.29 is 24.6 Å². The molecule has 8 heteroatoms. The van der Waals surface area contributed by atoms with Gasteiger partial charge in [0.2, 0.25) is 5.91 Å². The highest BCUT2D eigenvalue weighted by Crippen LogP contribution is 1.99. The molecule has 1 amide bonds. The number of carbonyl (C=O) groups excluding carboxylic acids is 1. The molecule has 0 spiro atoms.